The molecule has 0 N–H and O–H groups in total. The second kappa shape index (κ2) is 10.1. The Morgan fingerprint density at radius 1 is 0.705 bits per heavy atom. The van der Waals surface area contributed by atoms with E-state index in [1.165, 1.54) is 37.4 Å². The van der Waals surface area contributed by atoms with Gasteiger partial charge in [-0.2, -0.15) is 13.2 Å². The van der Waals surface area contributed by atoms with Crippen molar-refractivity contribution in [1.82, 2.24) is 4.90 Å². The first kappa shape index (κ1) is 29.8. The van der Waals surface area contributed by atoms with Crippen molar-refractivity contribution in [3.63, 3.8) is 0 Å². The Bertz CT molecular complexity index is 1750. The fraction of sp³-hybridized carbons (Fsp3) is 0.371. The van der Waals surface area contributed by atoms with E-state index < -0.39 is 47.1 Å². The normalized spacial score (nSPS) is 24.9. The molecule has 2 fully saturated rings. The van der Waals surface area contributed by atoms with Gasteiger partial charge in [-0.3, -0.25) is 24.1 Å². The van der Waals surface area contributed by atoms with E-state index in [-0.39, 0.29) is 41.5 Å². The highest BCUT2D eigenvalue weighted by Gasteiger charge is 2.57. The number of halogens is 3. The van der Waals surface area contributed by atoms with E-state index in [2.05, 4.69) is 0 Å². The van der Waals surface area contributed by atoms with Gasteiger partial charge in [-0.25, -0.2) is 4.90 Å². The van der Waals surface area contributed by atoms with Gasteiger partial charge in [-0.15, -0.1) is 0 Å². The molecular weight excluding hydrogens is 569 g/mol. The summed E-state index contributed by atoms with van der Waals surface area (Å²) >= 11 is 0. The molecule has 5 atom stereocenters. The minimum Gasteiger partial charge on any atom is -0.285 e. The smallest absolute Gasteiger partial charge is 0.285 e. The number of hydrogen-bond donors (Lipinski definition) is 0. The number of aryl methyl sites for hydroxylation is 3. The Labute approximate surface area is 253 Å². The number of carbonyl (C=O) groups excluding carboxylic acids is 4. The predicted molar refractivity (Wildman–Crippen MR) is 158 cm³/mol. The van der Waals surface area contributed by atoms with Crippen LogP contribution in [0.15, 0.2) is 60.7 Å². The Morgan fingerprint density at radius 3 is 1.91 bits per heavy atom. The summed E-state index contributed by atoms with van der Waals surface area (Å²) in [6.45, 7) is 6.38. The minimum absolute atomic E-state index is 0.0211. The van der Waals surface area contributed by atoms with Crippen molar-refractivity contribution < 1.29 is 32.3 Å². The first-order valence-electron chi connectivity index (χ1n) is 14.7. The monoisotopic (exact) mass is 602 g/mol. The summed E-state index contributed by atoms with van der Waals surface area (Å²) in [5.41, 5.74) is 1.14. The number of carbonyl (C=O) groups is 4. The quantitative estimate of drug-likeness (QED) is 0.331. The first-order valence-corrected chi connectivity index (χ1v) is 14.7. The van der Waals surface area contributed by atoms with Gasteiger partial charge in [0, 0.05) is 13.5 Å². The van der Waals surface area contributed by atoms with Crippen LogP contribution in [0, 0.1) is 32.6 Å². The molecule has 2 heterocycles. The SMILES string of the molecule is Cc1ccc(C(C)(c2ccc(C)c(N3C(=O)C4CC(C5CC(=O)N(C)C5=O)c5ccccc5C4C3=O)c2)C(F)(F)F)cc1C. The van der Waals surface area contributed by atoms with Crippen molar-refractivity contribution in [1.29, 1.82) is 0 Å². The lowest BCUT2D eigenvalue weighted by Crippen LogP contribution is -2.41. The summed E-state index contributed by atoms with van der Waals surface area (Å²) in [6, 6.07) is 16.1. The lowest BCUT2D eigenvalue weighted by atomic mass is 9.67. The first-order chi connectivity index (χ1) is 20.7. The van der Waals surface area contributed by atoms with Crippen molar-refractivity contribution in [2.75, 3.05) is 11.9 Å². The summed E-state index contributed by atoms with van der Waals surface area (Å²) in [5.74, 6) is -4.37. The topological polar surface area (TPSA) is 74.8 Å². The maximum atomic E-state index is 15.0. The summed E-state index contributed by atoms with van der Waals surface area (Å²) < 4.78 is 44.9. The number of likely N-dealkylation sites (tertiary alicyclic amines) is 1. The predicted octanol–water partition coefficient (Wildman–Crippen LogP) is 6.25. The van der Waals surface area contributed by atoms with Crippen LogP contribution in [0.4, 0.5) is 18.9 Å². The number of alkyl halides is 3. The molecule has 1 aliphatic carbocycles. The molecule has 3 aromatic carbocycles. The van der Waals surface area contributed by atoms with Gasteiger partial charge in [0.25, 0.3) is 0 Å². The molecule has 5 unspecified atom stereocenters. The van der Waals surface area contributed by atoms with Crippen molar-refractivity contribution in [2.45, 2.75) is 64.0 Å². The summed E-state index contributed by atoms with van der Waals surface area (Å²) in [4.78, 5) is 55.8. The second-order valence-corrected chi connectivity index (χ2v) is 12.6. The Balaban J connectivity index is 1.44. The van der Waals surface area contributed by atoms with Crippen LogP contribution in [0.1, 0.15) is 70.5 Å². The molecule has 0 radical (unpaired) electrons. The number of nitrogens with zero attached hydrogens (tertiary/aromatic N) is 2. The van der Waals surface area contributed by atoms with Crippen LogP contribution < -0.4 is 4.90 Å². The fourth-order valence-corrected chi connectivity index (χ4v) is 7.27. The van der Waals surface area contributed by atoms with Crippen molar-refractivity contribution >= 4 is 29.3 Å². The van der Waals surface area contributed by atoms with Gasteiger partial charge in [0.05, 0.1) is 23.4 Å². The molecule has 44 heavy (non-hydrogen) atoms. The van der Waals surface area contributed by atoms with E-state index in [9.17, 15) is 32.3 Å². The van der Waals surface area contributed by atoms with Crippen LogP contribution >= 0.6 is 0 Å². The molecule has 6 rings (SSSR count). The molecule has 4 amide bonds. The van der Waals surface area contributed by atoms with E-state index >= 15 is 0 Å². The second-order valence-electron chi connectivity index (χ2n) is 12.6. The van der Waals surface area contributed by atoms with E-state index in [1.54, 1.807) is 38.1 Å². The Morgan fingerprint density at radius 2 is 1.32 bits per heavy atom. The molecular formula is C35H33F3N2O4. The third-order valence-corrected chi connectivity index (χ3v) is 10.2. The molecule has 3 aliphatic rings. The van der Waals surface area contributed by atoms with Crippen LogP contribution in [0.25, 0.3) is 0 Å². The summed E-state index contributed by atoms with van der Waals surface area (Å²) in [5, 5.41) is 0. The Kier molecular flexibility index (Phi) is 6.87. The fourth-order valence-electron chi connectivity index (χ4n) is 7.27. The average Bonchev–Trinajstić information content (AvgIpc) is 3.39. The third-order valence-electron chi connectivity index (χ3n) is 10.2. The molecule has 2 aliphatic heterocycles. The molecule has 3 aromatic rings. The van der Waals surface area contributed by atoms with Crippen molar-refractivity contribution in [2.24, 2.45) is 11.8 Å². The zero-order chi connectivity index (χ0) is 31.9. The number of fused-ring (bicyclic) bond motifs is 3. The largest absolute Gasteiger partial charge is 0.402 e. The van der Waals surface area contributed by atoms with Crippen molar-refractivity contribution in [3.8, 4) is 0 Å². The highest BCUT2D eigenvalue weighted by atomic mass is 19.4. The van der Waals surface area contributed by atoms with E-state index in [0.29, 0.717) is 11.1 Å². The van der Waals surface area contributed by atoms with Crippen LogP contribution in [0.5, 0.6) is 0 Å². The minimum atomic E-state index is -4.68. The van der Waals surface area contributed by atoms with Crippen LogP contribution in [0.3, 0.4) is 0 Å². The van der Waals surface area contributed by atoms with Gasteiger partial charge in [0.15, 0.2) is 0 Å². The number of anilines is 1. The van der Waals surface area contributed by atoms with Crippen LogP contribution in [0.2, 0.25) is 0 Å². The highest BCUT2D eigenvalue weighted by molar-refractivity contribution is 6.24. The number of imide groups is 2. The lowest BCUT2D eigenvalue weighted by molar-refractivity contribution is -0.173. The molecule has 0 bridgehead atoms. The zero-order valence-electron chi connectivity index (χ0n) is 25.2. The molecule has 0 spiro atoms. The number of amides is 4. The molecule has 9 heteroatoms. The number of rotatable bonds is 4. The summed E-state index contributed by atoms with van der Waals surface area (Å²) in [7, 11) is 1.44. The molecule has 2 saturated heterocycles. The molecule has 228 valence electrons. The van der Waals surface area contributed by atoms with Gasteiger partial charge in [0.2, 0.25) is 23.6 Å². The molecule has 6 nitrogen and oxygen atoms in total. The number of benzene rings is 3. The van der Waals surface area contributed by atoms with Gasteiger partial charge < -0.3 is 0 Å². The van der Waals surface area contributed by atoms with Gasteiger partial charge >= 0.3 is 6.18 Å². The molecule has 0 aromatic heterocycles. The van der Waals surface area contributed by atoms with Crippen LogP contribution in [-0.4, -0.2) is 41.8 Å². The standard InChI is InChI=1S/C35H33F3N2O4/c1-18-10-12-21(14-20(18)3)34(4,35(36,37)38)22-13-11-19(2)28(15-22)40-32(43)27-16-25(26-17-29(41)39(5)31(26)42)23-8-6-7-9-24(23)30(27)33(40)44/h6-15,25-27,30H,16-17H2,1-5H3. The maximum absolute atomic E-state index is 15.0. The van der Waals surface area contributed by atoms with Gasteiger partial charge in [-0.1, -0.05) is 54.6 Å². The Hall–Kier alpha value is -4.27. The van der Waals surface area contributed by atoms with E-state index in [0.717, 1.165) is 33.4 Å². The maximum Gasteiger partial charge on any atom is 0.402 e. The van der Waals surface area contributed by atoms with E-state index in [1.807, 2.05) is 13.0 Å². The van der Waals surface area contributed by atoms with Crippen LogP contribution in [-0.2, 0) is 24.6 Å². The van der Waals surface area contributed by atoms with Gasteiger partial charge in [-0.05, 0) is 85.0 Å². The number of hydrogen-bond acceptors (Lipinski definition) is 4. The lowest BCUT2D eigenvalue weighted by Gasteiger charge is -2.34. The third kappa shape index (κ3) is 4.23. The highest BCUT2D eigenvalue weighted by Crippen LogP contribution is 2.53. The average molecular weight is 603 g/mol. The molecule has 0 saturated carbocycles. The zero-order valence-corrected chi connectivity index (χ0v) is 25.2. The van der Waals surface area contributed by atoms with Crippen molar-refractivity contribution in [3.05, 3.63) is 99.6 Å². The van der Waals surface area contributed by atoms with Gasteiger partial charge in [0.1, 0.15) is 5.41 Å². The van der Waals surface area contributed by atoms with E-state index in [4.69, 9.17) is 0 Å². The summed E-state index contributed by atoms with van der Waals surface area (Å²) in [6.07, 6.45) is -4.48.